The van der Waals surface area contributed by atoms with Gasteiger partial charge in [0.25, 0.3) is 0 Å². The third-order valence-electron chi connectivity index (χ3n) is 2.66. The van der Waals surface area contributed by atoms with Crippen LogP contribution in [0.2, 0.25) is 0 Å². The number of halogens is 2. The van der Waals surface area contributed by atoms with Gasteiger partial charge in [-0.3, -0.25) is 0 Å². The van der Waals surface area contributed by atoms with Gasteiger partial charge in [0.1, 0.15) is 5.82 Å². The molecule has 0 aliphatic heterocycles. The highest BCUT2D eigenvalue weighted by Gasteiger charge is 2.17. The van der Waals surface area contributed by atoms with Gasteiger partial charge < -0.3 is 10.3 Å². The van der Waals surface area contributed by atoms with E-state index >= 15 is 0 Å². The van der Waals surface area contributed by atoms with E-state index in [1.54, 1.807) is 12.1 Å². The minimum atomic E-state index is -0.330. The first-order valence-corrected chi connectivity index (χ1v) is 6.81. The lowest BCUT2D eigenvalue weighted by atomic mass is 10.0. The van der Waals surface area contributed by atoms with Crippen molar-refractivity contribution in [3.63, 3.8) is 0 Å². The van der Waals surface area contributed by atoms with Crippen LogP contribution in [0, 0.1) is 11.7 Å². The summed E-state index contributed by atoms with van der Waals surface area (Å²) in [5.41, 5.74) is 6.66. The van der Waals surface area contributed by atoms with Crippen molar-refractivity contribution in [3.8, 4) is 11.4 Å². The summed E-state index contributed by atoms with van der Waals surface area (Å²) in [7, 11) is 0. The smallest absolute Gasteiger partial charge is 0.243 e. The molecule has 0 saturated carbocycles. The van der Waals surface area contributed by atoms with E-state index in [4.69, 9.17) is 10.3 Å². The molecule has 6 heteroatoms. The van der Waals surface area contributed by atoms with E-state index in [1.165, 1.54) is 6.07 Å². The predicted molar refractivity (Wildman–Crippen MR) is 73.8 cm³/mol. The molecule has 102 valence electrons. The molecule has 0 amide bonds. The standard InChI is InChI=1S/C13H15BrFN3O/c1-7(2)5-11(16)13-17-12(18-19-13)8-3-4-10(15)9(14)6-8/h3-4,6-7,11H,5,16H2,1-2H3/t11-/m0/s1. The second kappa shape index (κ2) is 5.79. The van der Waals surface area contributed by atoms with Crippen LogP contribution in [-0.2, 0) is 0 Å². The molecule has 0 fully saturated rings. The van der Waals surface area contributed by atoms with Crippen LogP contribution in [0.1, 0.15) is 32.2 Å². The summed E-state index contributed by atoms with van der Waals surface area (Å²) >= 11 is 3.13. The van der Waals surface area contributed by atoms with Gasteiger partial charge in [-0.2, -0.15) is 4.98 Å². The highest BCUT2D eigenvalue weighted by atomic mass is 79.9. The van der Waals surface area contributed by atoms with Crippen LogP contribution in [0.25, 0.3) is 11.4 Å². The van der Waals surface area contributed by atoms with Crippen molar-refractivity contribution >= 4 is 15.9 Å². The molecule has 2 aromatic rings. The first-order valence-electron chi connectivity index (χ1n) is 6.02. The van der Waals surface area contributed by atoms with Crippen molar-refractivity contribution in [1.82, 2.24) is 10.1 Å². The minimum Gasteiger partial charge on any atom is -0.337 e. The molecule has 1 aromatic carbocycles. The molecule has 1 aromatic heterocycles. The van der Waals surface area contributed by atoms with E-state index in [2.05, 4.69) is 39.9 Å². The zero-order valence-corrected chi connectivity index (χ0v) is 12.3. The molecular weight excluding hydrogens is 313 g/mol. The van der Waals surface area contributed by atoms with Crippen molar-refractivity contribution in [2.24, 2.45) is 11.7 Å². The molecule has 0 saturated heterocycles. The van der Waals surface area contributed by atoms with E-state index in [1.807, 2.05) is 0 Å². The Morgan fingerprint density at radius 1 is 1.42 bits per heavy atom. The van der Waals surface area contributed by atoms with Crippen LogP contribution >= 0.6 is 15.9 Å². The third kappa shape index (κ3) is 3.39. The lowest BCUT2D eigenvalue weighted by Gasteiger charge is -2.08. The first kappa shape index (κ1) is 14.1. The van der Waals surface area contributed by atoms with Crippen LogP contribution < -0.4 is 5.73 Å². The van der Waals surface area contributed by atoms with E-state index in [-0.39, 0.29) is 11.9 Å². The summed E-state index contributed by atoms with van der Waals surface area (Å²) in [6, 6.07) is 4.29. The summed E-state index contributed by atoms with van der Waals surface area (Å²) in [4.78, 5) is 4.26. The lowest BCUT2D eigenvalue weighted by Crippen LogP contribution is -2.13. The summed E-state index contributed by atoms with van der Waals surface area (Å²) in [5, 5.41) is 3.88. The maximum atomic E-state index is 13.2. The molecule has 0 unspecified atom stereocenters. The number of hydrogen-bond donors (Lipinski definition) is 1. The van der Waals surface area contributed by atoms with Gasteiger partial charge >= 0.3 is 0 Å². The zero-order chi connectivity index (χ0) is 14.0. The van der Waals surface area contributed by atoms with Gasteiger partial charge in [-0.15, -0.1) is 0 Å². The molecule has 2 rings (SSSR count). The average molecular weight is 328 g/mol. The molecule has 1 atom stereocenters. The summed E-state index contributed by atoms with van der Waals surface area (Å²) in [5.74, 6) is 0.938. The Balaban J connectivity index is 2.22. The average Bonchev–Trinajstić information content (AvgIpc) is 2.81. The van der Waals surface area contributed by atoms with Gasteiger partial charge in [0, 0.05) is 5.56 Å². The monoisotopic (exact) mass is 327 g/mol. The van der Waals surface area contributed by atoms with Crippen molar-refractivity contribution < 1.29 is 8.91 Å². The number of hydrogen-bond acceptors (Lipinski definition) is 4. The Kier molecular flexibility index (Phi) is 4.31. The molecule has 1 heterocycles. The van der Waals surface area contributed by atoms with Crippen molar-refractivity contribution in [1.29, 1.82) is 0 Å². The number of rotatable bonds is 4. The molecule has 2 N–H and O–H groups in total. The summed E-state index contributed by atoms with van der Waals surface area (Å²) < 4.78 is 18.7. The van der Waals surface area contributed by atoms with Crippen LogP contribution in [0.15, 0.2) is 27.2 Å². The quantitative estimate of drug-likeness (QED) is 0.930. The SMILES string of the molecule is CC(C)C[C@H](N)c1nc(-c2ccc(F)c(Br)c2)no1. The van der Waals surface area contributed by atoms with E-state index in [9.17, 15) is 4.39 Å². The molecule has 4 nitrogen and oxygen atoms in total. The van der Waals surface area contributed by atoms with Gasteiger partial charge in [0.05, 0.1) is 10.5 Å². The van der Waals surface area contributed by atoms with Gasteiger partial charge in [0.2, 0.25) is 11.7 Å². The zero-order valence-electron chi connectivity index (χ0n) is 10.7. The minimum absolute atomic E-state index is 0.273. The van der Waals surface area contributed by atoms with E-state index in [0.717, 1.165) is 6.42 Å². The molecule has 0 aliphatic carbocycles. The highest BCUT2D eigenvalue weighted by Crippen LogP contribution is 2.25. The lowest BCUT2D eigenvalue weighted by molar-refractivity contribution is 0.335. The van der Waals surface area contributed by atoms with Gasteiger partial charge in [0.15, 0.2) is 0 Å². The topological polar surface area (TPSA) is 64.9 Å². The molecule has 0 radical (unpaired) electrons. The first-order chi connectivity index (χ1) is 8.97. The fraction of sp³-hybridized carbons (Fsp3) is 0.385. The number of benzene rings is 1. The molecule has 0 spiro atoms. The Labute approximate surface area is 119 Å². The second-order valence-electron chi connectivity index (χ2n) is 4.82. The Hall–Kier alpha value is -1.27. The molecule has 0 bridgehead atoms. The van der Waals surface area contributed by atoms with Gasteiger partial charge in [-0.25, -0.2) is 4.39 Å². The van der Waals surface area contributed by atoms with Crippen molar-refractivity contribution in [2.75, 3.05) is 0 Å². The Bertz CT molecular complexity index is 571. The van der Waals surface area contributed by atoms with Crippen LogP contribution in [0.3, 0.4) is 0 Å². The van der Waals surface area contributed by atoms with Crippen LogP contribution in [0.4, 0.5) is 4.39 Å². The summed E-state index contributed by atoms with van der Waals surface area (Å²) in [6.45, 7) is 4.16. The third-order valence-corrected chi connectivity index (χ3v) is 3.27. The normalized spacial score (nSPS) is 12.9. The number of nitrogens with two attached hydrogens (primary N) is 1. The van der Waals surface area contributed by atoms with Crippen LogP contribution in [0.5, 0.6) is 0 Å². The Morgan fingerprint density at radius 2 is 2.16 bits per heavy atom. The Morgan fingerprint density at radius 3 is 2.79 bits per heavy atom. The fourth-order valence-corrected chi connectivity index (χ4v) is 2.13. The van der Waals surface area contributed by atoms with E-state index < -0.39 is 0 Å². The number of aromatic nitrogens is 2. The summed E-state index contributed by atoms with van der Waals surface area (Å²) in [6.07, 6.45) is 0.773. The second-order valence-corrected chi connectivity index (χ2v) is 5.68. The molecule has 0 aliphatic rings. The molecular formula is C13H15BrFN3O. The van der Waals surface area contributed by atoms with E-state index in [0.29, 0.717) is 27.7 Å². The largest absolute Gasteiger partial charge is 0.337 e. The maximum absolute atomic E-state index is 13.2. The molecule has 19 heavy (non-hydrogen) atoms. The van der Waals surface area contributed by atoms with Gasteiger partial charge in [-0.1, -0.05) is 19.0 Å². The predicted octanol–water partition coefficient (Wildman–Crippen LogP) is 3.68. The van der Waals surface area contributed by atoms with Crippen molar-refractivity contribution in [2.45, 2.75) is 26.3 Å². The van der Waals surface area contributed by atoms with Gasteiger partial charge in [-0.05, 0) is 46.5 Å². The van der Waals surface area contributed by atoms with Crippen molar-refractivity contribution in [3.05, 3.63) is 34.4 Å². The highest BCUT2D eigenvalue weighted by molar-refractivity contribution is 9.10. The van der Waals surface area contributed by atoms with Crippen LogP contribution in [-0.4, -0.2) is 10.1 Å². The maximum Gasteiger partial charge on any atom is 0.243 e. The number of nitrogens with zero attached hydrogens (tertiary/aromatic N) is 2. The fourth-order valence-electron chi connectivity index (χ4n) is 1.75.